The highest BCUT2D eigenvalue weighted by Crippen LogP contribution is 2.40. The fourth-order valence-electron chi connectivity index (χ4n) is 4.69. The minimum Gasteiger partial charge on any atom is -0.504 e. The van der Waals surface area contributed by atoms with E-state index in [1.54, 1.807) is 0 Å². The van der Waals surface area contributed by atoms with Gasteiger partial charge in [-0.25, -0.2) is 14.6 Å². The Morgan fingerprint density at radius 1 is 1.14 bits per heavy atom. The molecule has 18 nitrogen and oxygen atoms in total. The van der Waals surface area contributed by atoms with Gasteiger partial charge in [0.15, 0.2) is 28.1 Å². The maximum Gasteiger partial charge on any atom is 0.352 e. The van der Waals surface area contributed by atoms with Crippen molar-refractivity contribution >= 4 is 69.4 Å². The van der Waals surface area contributed by atoms with Crippen LogP contribution in [-0.2, 0) is 24.0 Å². The molecule has 1 unspecified atom stereocenters. The molecule has 2 aromatic heterocycles. The fraction of sp³-hybridized carbons (Fsp3) is 0.233. The van der Waals surface area contributed by atoms with Crippen LogP contribution in [0, 0.1) is 0 Å². The number of hydrogen-bond donors (Lipinski definition) is 7. The predicted octanol–water partition coefficient (Wildman–Crippen LogP) is 0.515. The number of aromatic hydroxyl groups is 2. The van der Waals surface area contributed by atoms with Crippen LogP contribution in [0.3, 0.4) is 0 Å². The molecule has 0 aliphatic carbocycles. The summed E-state index contributed by atoms with van der Waals surface area (Å²) >= 11 is 2.08. The molecule has 3 aromatic rings. The summed E-state index contributed by atoms with van der Waals surface area (Å²) in [5.41, 5.74) is 2.64. The van der Waals surface area contributed by atoms with Crippen LogP contribution < -0.4 is 16.4 Å². The first-order chi connectivity index (χ1) is 23.6. The smallest absolute Gasteiger partial charge is 0.352 e. The highest BCUT2D eigenvalue weighted by molar-refractivity contribution is 8.00. The van der Waals surface area contributed by atoms with Gasteiger partial charge in [0, 0.05) is 29.4 Å². The van der Waals surface area contributed by atoms with Crippen LogP contribution in [0.2, 0.25) is 0 Å². The molecule has 0 saturated carbocycles. The lowest BCUT2D eigenvalue weighted by Gasteiger charge is -2.49. The lowest BCUT2D eigenvalue weighted by Crippen LogP contribution is -2.71. The van der Waals surface area contributed by atoms with Crippen molar-refractivity contribution in [3.63, 3.8) is 0 Å². The van der Waals surface area contributed by atoms with Crippen LogP contribution in [0.25, 0.3) is 0 Å². The molecule has 1 saturated heterocycles. The molecule has 0 spiro atoms. The minimum atomic E-state index is -1.83. The first kappa shape index (κ1) is 35.3. The number of benzene rings is 1. The van der Waals surface area contributed by atoms with Crippen molar-refractivity contribution in [2.24, 2.45) is 5.16 Å². The molecule has 0 bridgehead atoms. The van der Waals surface area contributed by atoms with Gasteiger partial charge in [0.05, 0.1) is 5.56 Å². The normalized spacial score (nSPS) is 17.4. The summed E-state index contributed by atoms with van der Waals surface area (Å²) in [7, 11) is 0. The lowest BCUT2D eigenvalue weighted by atomic mass is 10.0. The quantitative estimate of drug-likeness (QED) is 0.0440. The van der Waals surface area contributed by atoms with Crippen molar-refractivity contribution in [2.45, 2.75) is 30.9 Å². The summed E-state index contributed by atoms with van der Waals surface area (Å²) in [5, 5.41) is 48.1. The van der Waals surface area contributed by atoms with Gasteiger partial charge in [0.2, 0.25) is 5.60 Å². The first-order valence-electron chi connectivity index (χ1n) is 14.3. The SMILES string of the molecule is CC(C)(O/N=C(\C(=O)NC1C(=O)N2C(C(=O)O)=C(CNC(=O)c3ncccc3C(=O)c3ccc(O)c(O)c3)CS[C@H]12)c1csc(N)n1)C(=O)O. The van der Waals surface area contributed by atoms with E-state index in [2.05, 4.69) is 25.8 Å². The number of pyridine rings is 1. The van der Waals surface area contributed by atoms with Gasteiger partial charge >= 0.3 is 11.9 Å². The number of hydrogen-bond acceptors (Lipinski definition) is 15. The van der Waals surface area contributed by atoms with Gasteiger partial charge in [-0.15, -0.1) is 23.1 Å². The Balaban J connectivity index is 1.31. The zero-order valence-electron chi connectivity index (χ0n) is 25.9. The van der Waals surface area contributed by atoms with Crippen LogP contribution in [-0.4, -0.2) is 106 Å². The third-order valence-electron chi connectivity index (χ3n) is 7.36. The largest absolute Gasteiger partial charge is 0.504 e. The molecule has 1 aromatic carbocycles. The van der Waals surface area contributed by atoms with Gasteiger partial charge in [-0.2, -0.15) is 0 Å². The van der Waals surface area contributed by atoms with E-state index in [-0.39, 0.29) is 45.5 Å². The number of carboxylic acids is 2. The van der Waals surface area contributed by atoms with E-state index in [0.29, 0.717) is 0 Å². The number of nitrogens with zero attached hydrogens (tertiary/aromatic N) is 4. The average molecular weight is 726 g/mol. The Hall–Kier alpha value is -6.02. The summed E-state index contributed by atoms with van der Waals surface area (Å²) in [5.74, 6) is -7.06. The molecule has 2 atom stereocenters. The van der Waals surface area contributed by atoms with Crippen LogP contribution in [0.4, 0.5) is 5.13 Å². The number of ketones is 1. The van der Waals surface area contributed by atoms with Crippen molar-refractivity contribution in [2.75, 3.05) is 18.0 Å². The molecule has 1 fully saturated rings. The molecule has 2 aliphatic heterocycles. The molecule has 20 heteroatoms. The van der Waals surface area contributed by atoms with E-state index >= 15 is 0 Å². The van der Waals surface area contributed by atoms with Gasteiger partial charge in [-0.3, -0.25) is 29.1 Å². The number of nitrogens with one attached hydrogen (secondary N) is 2. The van der Waals surface area contributed by atoms with E-state index in [1.807, 2.05) is 0 Å². The van der Waals surface area contributed by atoms with E-state index in [0.717, 1.165) is 40.1 Å². The number of phenolic OH excluding ortho intramolecular Hbond substituents is 2. The Bertz CT molecular complexity index is 2010. The van der Waals surface area contributed by atoms with E-state index in [1.165, 1.54) is 43.6 Å². The molecule has 5 rings (SSSR count). The van der Waals surface area contributed by atoms with Crippen molar-refractivity contribution in [1.29, 1.82) is 0 Å². The number of oxime groups is 1. The summed E-state index contributed by atoms with van der Waals surface area (Å²) < 4.78 is 0. The third kappa shape index (κ3) is 6.91. The topological polar surface area (TPSA) is 284 Å². The Morgan fingerprint density at radius 2 is 1.88 bits per heavy atom. The monoisotopic (exact) mass is 725 g/mol. The standard InChI is InChI=1S/C30H27N7O11S2/c1-30(2,28(46)47)48-36-19(15-11-50-29(31)34-15)24(42)35-20-25(43)37-21(27(44)45)13(10-49-26(20)37)9-33-23(41)18-14(4-3-7-32-18)22(40)12-5-6-16(38)17(39)8-12/h3-8,11,20,26,38-39H,9-10H2,1-2H3,(H2,31,34)(H,33,41)(H,35,42)(H,44,45)(H,46,47)/b36-19-/t20?,26-/m1/s1. The van der Waals surface area contributed by atoms with Crippen molar-refractivity contribution < 1.29 is 54.0 Å². The number of amides is 3. The van der Waals surface area contributed by atoms with Crippen molar-refractivity contribution in [3.8, 4) is 11.5 Å². The van der Waals surface area contributed by atoms with E-state index in [4.69, 9.17) is 10.6 Å². The second kappa shape index (κ2) is 13.8. The number of carbonyl (C=O) groups excluding carboxylic acids is 4. The van der Waals surface area contributed by atoms with Crippen LogP contribution in [0.5, 0.6) is 11.5 Å². The molecule has 8 N–H and O–H groups in total. The number of thioether (sulfide) groups is 1. The molecule has 3 amide bonds. The van der Waals surface area contributed by atoms with Crippen LogP contribution in [0.15, 0.2) is 58.3 Å². The zero-order chi connectivity index (χ0) is 36.5. The molecule has 2 aliphatic rings. The van der Waals surface area contributed by atoms with Gasteiger partial charge in [-0.1, -0.05) is 5.16 Å². The predicted molar refractivity (Wildman–Crippen MR) is 175 cm³/mol. The number of thiazole rings is 1. The zero-order valence-corrected chi connectivity index (χ0v) is 27.6. The number of carbonyl (C=O) groups is 6. The minimum absolute atomic E-state index is 0.0169. The number of aliphatic carboxylic acids is 2. The number of carboxylic acid groups (broad SMARTS) is 2. The van der Waals surface area contributed by atoms with Gasteiger partial charge in [-0.05, 0) is 49.8 Å². The van der Waals surface area contributed by atoms with Crippen LogP contribution in [0.1, 0.15) is 46.0 Å². The Kier molecular flexibility index (Phi) is 9.77. The third-order valence-corrected chi connectivity index (χ3v) is 9.38. The number of phenols is 2. The molecule has 260 valence electrons. The second-order valence-corrected chi connectivity index (χ2v) is 13.1. The Labute approximate surface area is 289 Å². The average Bonchev–Trinajstić information content (AvgIpc) is 3.51. The molecule has 50 heavy (non-hydrogen) atoms. The van der Waals surface area contributed by atoms with Gasteiger partial charge < -0.3 is 41.6 Å². The van der Waals surface area contributed by atoms with Gasteiger partial charge in [0.1, 0.15) is 28.5 Å². The molecule has 0 radical (unpaired) electrons. The summed E-state index contributed by atoms with van der Waals surface area (Å²) in [6, 6.07) is 4.93. The number of rotatable bonds is 12. The number of β-lactam (4-membered cyclic amide) rings is 1. The lowest BCUT2D eigenvalue weighted by molar-refractivity contribution is -0.161. The number of nitrogen functional groups attached to an aromatic ring is 1. The fourth-order valence-corrected chi connectivity index (χ4v) is 6.58. The second-order valence-electron chi connectivity index (χ2n) is 11.2. The van der Waals surface area contributed by atoms with Crippen LogP contribution >= 0.6 is 23.1 Å². The molecular weight excluding hydrogens is 699 g/mol. The molecule has 4 heterocycles. The number of nitrogens with two attached hydrogens (primary N) is 1. The van der Waals surface area contributed by atoms with Gasteiger partial charge in [0.25, 0.3) is 17.7 Å². The number of fused-ring (bicyclic) bond motifs is 1. The van der Waals surface area contributed by atoms with Crippen molar-refractivity contribution in [3.05, 3.63) is 75.7 Å². The van der Waals surface area contributed by atoms with E-state index < -0.39 is 75.4 Å². The highest BCUT2D eigenvalue weighted by Gasteiger charge is 2.54. The maximum absolute atomic E-state index is 13.3. The number of aromatic nitrogens is 2. The first-order valence-corrected chi connectivity index (χ1v) is 16.2. The molecular formula is C30H27N7O11S2. The Morgan fingerprint density at radius 3 is 2.52 bits per heavy atom. The summed E-state index contributed by atoms with van der Waals surface area (Å²) in [6.45, 7) is 2.06. The number of anilines is 1. The summed E-state index contributed by atoms with van der Waals surface area (Å²) in [6.07, 6.45) is 1.27. The maximum atomic E-state index is 13.3. The highest BCUT2D eigenvalue weighted by atomic mass is 32.2. The van der Waals surface area contributed by atoms with Crippen molar-refractivity contribution in [1.82, 2.24) is 25.5 Å². The van der Waals surface area contributed by atoms with E-state index in [9.17, 15) is 49.2 Å². The summed E-state index contributed by atoms with van der Waals surface area (Å²) in [4.78, 5) is 90.8.